The maximum atomic E-state index is 12.9. The normalized spacial score (nSPS) is 10.7. The Kier molecular flexibility index (Phi) is 7.15. The molecule has 0 radical (unpaired) electrons. The van der Waals surface area contributed by atoms with Crippen molar-refractivity contribution in [1.82, 2.24) is 9.78 Å². The molecule has 0 spiro atoms. The van der Waals surface area contributed by atoms with Crippen LogP contribution in [0.5, 0.6) is 11.5 Å². The van der Waals surface area contributed by atoms with E-state index < -0.39 is 12.5 Å². The number of carbonyl (C=O) groups excluding carboxylic acids is 1. The molecule has 0 bridgehead atoms. The molecule has 0 unspecified atom stereocenters. The first-order valence-electron chi connectivity index (χ1n) is 10.6. The third kappa shape index (κ3) is 5.89. The molecule has 7 nitrogen and oxygen atoms in total. The summed E-state index contributed by atoms with van der Waals surface area (Å²) in [5, 5.41) is 6.87. The number of alkyl halides is 2. The summed E-state index contributed by atoms with van der Waals surface area (Å²) >= 11 is 0. The standard InChI is InChI=1S/C26H21F2N3O4/c1-34-20-10-7-18(8-11-20)21-15-19(9-13-23(21)35-26(27)28)29-25(33)22-12-14-24(32)31(30-22)16-17-5-3-2-4-6-17/h2-15,26H,16H2,1H3,(H,29,33). The van der Waals surface area contributed by atoms with Crippen molar-refractivity contribution in [3.63, 3.8) is 0 Å². The molecule has 1 N–H and O–H groups in total. The van der Waals surface area contributed by atoms with Crippen molar-refractivity contribution in [2.45, 2.75) is 13.2 Å². The summed E-state index contributed by atoms with van der Waals surface area (Å²) in [4.78, 5) is 25.1. The van der Waals surface area contributed by atoms with Gasteiger partial charge in [-0.2, -0.15) is 13.9 Å². The van der Waals surface area contributed by atoms with Crippen molar-refractivity contribution in [1.29, 1.82) is 0 Å². The fraction of sp³-hybridized carbons (Fsp3) is 0.115. The van der Waals surface area contributed by atoms with Crippen molar-refractivity contribution in [2.24, 2.45) is 0 Å². The highest BCUT2D eigenvalue weighted by atomic mass is 19.3. The number of nitrogens with one attached hydrogen (secondary N) is 1. The van der Waals surface area contributed by atoms with Crippen LogP contribution < -0.4 is 20.3 Å². The average molecular weight is 477 g/mol. The van der Waals surface area contributed by atoms with E-state index in [1.54, 1.807) is 24.3 Å². The average Bonchev–Trinajstić information content (AvgIpc) is 2.86. The van der Waals surface area contributed by atoms with Crippen LogP contribution in [-0.2, 0) is 6.54 Å². The number of nitrogens with zero attached hydrogens (tertiary/aromatic N) is 2. The summed E-state index contributed by atoms with van der Waals surface area (Å²) in [6, 6.07) is 22.9. The molecule has 4 rings (SSSR count). The number of anilines is 1. The molecule has 35 heavy (non-hydrogen) atoms. The highest BCUT2D eigenvalue weighted by molar-refractivity contribution is 6.03. The Morgan fingerprint density at radius 3 is 2.43 bits per heavy atom. The Hall–Kier alpha value is -4.53. The maximum Gasteiger partial charge on any atom is 0.387 e. The SMILES string of the molecule is COc1ccc(-c2cc(NC(=O)c3ccc(=O)n(Cc4ccccc4)n3)ccc2OC(F)F)cc1. The number of aromatic nitrogens is 2. The Balaban J connectivity index is 1.60. The molecule has 1 amide bonds. The second kappa shape index (κ2) is 10.6. The van der Waals surface area contributed by atoms with Crippen molar-refractivity contribution < 1.29 is 23.0 Å². The van der Waals surface area contributed by atoms with E-state index in [0.717, 1.165) is 5.56 Å². The third-order valence-corrected chi connectivity index (χ3v) is 5.13. The molecule has 4 aromatic rings. The van der Waals surface area contributed by atoms with Crippen molar-refractivity contribution in [2.75, 3.05) is 12.4 Å². The Labute approximate surface area is 199 Å². The van der Waals surface area contributed by atoms with Crippen LogP contribution in [0.3, 0.4) is 0 Å². The summed E-state index contributed by atoms with van der Waals surface area (Å²) in [5.74, 6) is -0.000964. The molecule has 9 heteroatoms. The third-order valence-electron chi connectivity index (χ3n) is 5.13. The molecule has 0 atom stereocenters. The summed E-state index contributed by atoms with van der Waals surface area (Å²) in [6.45, 7) is -2.80. The lowest BCUT2D eigenvalue weighted by atomic mass is 10.0. The van der Waals surface area contributed by atoms with Crippen LogP contribution in [-0.4, -0.2) is 29.4 Å². The summed E-state index contributed by atoms with van der Waals surface area (Å²) in [7, 11) is 1.52. The fourth-order valence-electron chi connectivity index (χ4n) is 3.44. The van der Waals surface area contributed by atoms with Crippen LogP contribution in [0.25, 0.3) is 11.1 Å². The molecule has 3 aromatic carbocycles. The minimum atomic E-state index is -3.01. The highest BCUT2D eigenvalue weighted by Crippen LogP contribution is 2.34. The zero-order valence-electron chi connectivity index (χ0n) is 18.7. The summed E-state index contributed by atoms with van der Waals surface area (Å²) < 4.78 is 36.9. The molecular formula is C26H21F2N3O4. The van der Waals surface area contributed by atoms with E-state index in [9.17, 15) is 18.4 Å². The predicted octanol–water partition coefficient (Wildman–Crippen LogP) is 4.82. The molecule has 1 heterocycles. The minimum Gasteiger partial charge on any atom is -0.497 e. The topological polar surface area (TPSA) is 82.5 Å². The van der Waals surface area contributed by atoms with Gasteiger partial charge in [0.05, 0.1) is 13.7 Å². The predicted molar refractivity (Wildman–Crippen MR) is 127 cm³/mol. The van der Waals surface area contributed by atoms with Gasteiger partial charge in [0.2, 0.25) is 0 Å². The van der Waals surface area contributed by atoms with Crippen LogP contribution >= 0.6 is 0 Å². The van der Waals surface area contributed by atoms with Gasteiger partial charge in [0, 0.05) is 17.3 Å². The molecule has 0 aliphatic rings. The quantitative estimate of drug-likeness (QED) is 0.394. The Bertz CT molecular complexity index is 1370. The van der Waals surface area contributed by atoms with Crippen molar-refractivity contribution >= 4 is 11.6 Å². The first-order chi connectivity index (χ1) is 16.9. The van der Waals surface area contributed by atoms with Crippen LogP contribution in [0, 0.1) is 0 Å². The van der Waals surface area contributed by atoms with Gasteiger partial charge in [0.25, 0.3) is 11.5 Å². The van der Waals surface area contributed by atoms with Crippen LogP contribution in [0.15, 0.2) is 89.7 Å². The number of halogens is 2. The second-order valence-electron chi connectivity index (χ2n) is 7.47. The largest absolute Gasteiger partial charge is 0.497 e. The van der Waals surface area contributed by atoms with Gasteiger partial charge in [-0.25, -0.2) is 4.68 Å². The van der Waals surface area contributed by atoms with Crippen LogP contribution in [0.1, 0.15) is 16.1 Å². The molecule has 0 aliphatic carbocycles. The number of hydrogen-bond acceptors (Lipinski definition) is 5. The maximum absolute atomic E-state index is 12.9. The number of hydrogen-bond donors (Lipinski definition) is 1. The van der Waals surface area contributed by atoms with Gasteiger partial charge in [-0.1, -0.05) is 42.5 Å². The zero-order chi connectivity index (χ0) is 24.8. The molecule has 0 fully saturated rings. The van der Waals surface area contributed by atoms with E-state index in [1.165, 1.54) is 42.1 Å². The smallest absolute Gasteiger partial charge is 0.387 e. The summed E-state index contributed by atoms with van der Waals surface area (Å²) in [6.07, 6.45) is 0. The molecule has 0 saturated heterocycles. The lowest BCUT2D eigenvalue weighted by molar-refractivity contribution is -0.0494. The van der Waals surface area contributed by atoms with Crippen molar-refractivity contribution in [3.8, 4) is 22.6 Å². The van der Waals surface area contributed by atoms with Crippen molar-refractivity contribution in [3.05, 3.63) is 107 Å². The van der Waals surface area contributed by atoms with Gasteiger partial charge in [0.1, 0.15) is 17.2 Å². The Morgan fingerprint density at radius 2 is 1.74 bits per heavy atom. The van der Waals surface area contributed by atoms with Crippen LogP contribution in [0.4, 0.5) is 14.5 Å². The number of benzene rings is 3. The van der Waals surface area contributed by atoms with E-state index in [1.807, 2.05) is 30.3 Å². The first-order valence-corrected chi connectivity index (χ1v) is 10.6. The number of carbonyl (C=O) groups is 1. The number of rotatable bonds is 8. The van der Waals surface area contributed by atoms with Gasteiger partial charge >= 0.3 is 6.61 Å². The van der Waals surface area contributed by atoms with E-state index >= 15 is 0 Å². The molecule has 0 aliphatic heterocycles. The van der Waals surface area contributed by atoms with Crippen LogP contribution in [0.2, 0.25) is 0 Å². The van der Waals surface area contributed by atoms with Gasteiger partial charge in [-0.05, 0) is 47.5 Å². The van der Waals surface area contributed by atoms with Gasteiger partial charge < -0.3 is 14.8 Å². The lowest BCUT2D eigenvalue weighted by Crippen LogP contribution is -2.26. The van der Waals surface area contributed by atoms with E-state index in [4.69, 9.17) is 4.74 Å². The number of methoxy groups -OCH3 is 1. The summed E-state index contributed by atoms with van der Waals surface area (Å²) in [5.41, 5.74) is 1.82. The highest BCUT2D eigenvalue weighted by Gasteiger charge is 2.15. The molecule has 178 valence electrons. The van der Waals surface area contributed by atoms with Gasteiger partial charge in [-0.3, -0.25) is 9.59 Å². The fourth-order valence-corrected chi connectivity index (χ4v) is 3.44. The zero-order valence-corrected chi connectivity index (χ0v) is 18.7. The molecule has 0 saturated carbocycles. The Morgan fingerprint density at radius 1 is 1.00 bits per heavy atom. The lowest BCUT2D eigenvalue weighted by Gasteiger charge is -2.14. The number of amides is 1. The van der Waals surface area contributed by atoms with Gasteiger partial charge in [-0.15, -0.1) is 0 Å². The monoisotopic (exact) mass is 477 g/mol. The minimum absolute atomic E-state index is 0.0273. The molecule has 1 aromatic heterocycles. The number of ether oxygens (including phenoxy) is 2. The van der Waals surface area contributed by atoms with E-state index in [2.05, 4.69) is 15.2 Å². The molecular weight excluding hydrogens is 456 g/mol. The second-order valence-corrected chi connectivity index (χ2v) is 7.47. The van der Waals surface area contributed by atoms with E-state index in [0.29, 0.717) is 22.6 Å². The van der Waals surface area contributed by atoms with E-state index in [-0.39, 0.29) is 23.5 Å². The van der Waals surface area contributed by atoms with Gasteiger partial charge in [0.15, 0.2) is 0 Å². The first kappa shape index (κ1) is 23.6.